The number of aromatic nitrogens is 1. The minimum atomic E-state index is -0.946. The lowest BCUT2D eigenvalue weighted by atomic mass is 10.1. The number of aliphatic carboxylic acids is 1. The topological polar surface area (TPSA) is 99.3 Å². The number of aromatic amines is 1. The average molecular weight is 306 g/mol. The Balaban J connectivity index is 2.24. The lowest BCUT2D eigenvalue weighted by Gasteiger charge is -2.11. The van der Waals surface area contributed by atoms with E-state index in [-0.39, 0.29) is 30.0 Å². The summed E-state index contributed by atoms with van der Waals surface area (Å²) in [6.07, 6.45) is -0.0678. The van der Waals surface area contributed by atoms with Gasteiger partial charge in [-0.1, -0.05) is 6.92 Å². The van der Waals surface area contributed by atoms with Crippen molar-refractivity contribution in [2.45, 2.75) is 13.3 Å². The first kappa shape index (κ1) is 15.7. The van der Waals surface area contributed by atoms with Gasteiger partial charge in [0.1, 0.15) is 5.82 Å². The summed E-state index contributed by atoms with van der Waals surface area (Å²) in [4.78, 5) is 36.8. The molecule has 2 rings (SSSR count). The van der Waals surface area contributed by atoms with Crippen LogP contribution in [0.5, 0.6) is 0 Å². The number of rotatable bonds is 5. The van der Waals surface area contributed by atoms with E-state index in [1.807, 2.05) is 0 Å². The third kappa shape index (κ3) is 3.69. The Labute approximate surface area is 125 Å². The Bertz CT molecular complexity index is 785. The predicted molar refractivity (Wildman–Crippen MR) is 78.3 cm³/mol. The first-order valence-corrected chi connectivity index (χ1v) is 6.69. The van der Waals surface area contributed by atoms with Gasteiger partial charge in [0.2, 0.25) is 5.56 Å². The van der Waals surface area contributed by atoms with Crippen LogP contribution in [0.3, 0.4) is 0 Å². The van der Waals surface area contributed by atoms with Crippen LogP contribution >= 0.6 is 0 Å². The maximum atomic E-state index is 13.2. The predicted octanol–water partition coefficient (Wildman–Crippen LogP) is 1.51. The van der Waals surface area contributed by atoms with E-state index in [0.717, 1.165) is 12.1 Å². The highest BCUT2D eigenvalue weighted by Gasteiger charge is 2.14. The third-order valence-corrected chi connectivity index (χ3v) is 3.18. The molecular formula is C15H15FN2O4. The van der Waals surface area contributed by atoms with Crippen LogP contribution in [0, 0.1) is 11.7 Å². The van der Waals surface area contributed by atoms with Gasteiger partial charge in [-0.05, 0) is 24.1 Å². The summed E-state index contributed by atoms with van der Waals surface area (Å²) in [5, 5.41) is 11.7. The zero-order chi connectivity index (χ0) is 16.3. The monoisotopic (exact) mass is 306 g/mol. The second kappa shape index (κ2) is 6.38. The van der Waals surface area contributed by atoms with Gasteiger partial charge in [0.05, 0.1) is 11.1 Å². The Hall–Kier alpha value is -2.70. The fourth-order valence-corrected chi connectivity index (χ4v) is 2.15. The number of H-pyrrole nitrogens is 1. The van der Waals surface area contributed by atoms with Gasteiger partial charge >= 0.3 is 5.97 Å². The number of fused-ring (bicyclic) bond motifs is 1. The average Bonchev–Trinajstić information content (AvgIpc) is 2.42. The van der Waals surface area contributed by atoms with E-state index < -0.39 is 23.3 Å². The molecule has 1 aromatic carbocycles. The summed E-state index contributed by atoms with van der Waals surface area (Å²) in [5.41, 5.74) is -0.153. The highest BCUT2D eigenvalue weighted by Crippen LogP contribution is 2.16. The van der Waals surface area contributed by atoms with Crippen LogP contribution in [0.25, 0.3) is 10.9 Å². The van der Waals surface area contributed by atoms with Crippen molar-refractivity contribution in [3.8, 4) is 0 Å². The van der Waals surface area contributed by atoms with Gasteiger partial charge in [-0.15, -0.1) is 0 Å². The molecule has 1 aromatic heterocycles. The Morgan fingerprint density at radius 1 is 1.36 bits per heavy atom. The Kier molecular flexibility index (Phi) is 4.55. The minimum absolute atomic E-state index is 0.0678. The van der Waals surface area contributed by atoms with Crippen LogP contribution in [-0.2, 0) is 4.79 Å². The van der Waals surface area contributed by atoms with E-state index in [4.69, 9.17) is 5.11 Å². The van der Waals surface area contributed by atoms with Gasteiger partial charge < -0.3 is 15.4 Å². The number of carbonyl (C=O) groups excluding carboxylic acids is 1. The van der Waals surface area contributed by atoms with Crippen LogP contribution in [0.2, 0.25) is 0 Å². The van der Waals surface area contributed by atoms with Gasteiger partial charge in [-0.25, -0.2) is 4.39 Å². The number of carboxylic acids is 1. The van der Waals surface area contributed by atoms with Crippen molar-refractivity contribution in [3.05, 3.63) is 46.0 Å². The lowest BCUT2D eigenvalue weighted by Crippen LogP contribution is -2.30. The molecule has 0 saturated heterocycles. The molecule has 0 aliphatic rings. The van der Waals surface area contributed by atoms with Crippen molar-refractivity contribution in [2.24, 2.45) is 5.92 Å². The molecule has 0 aliphatic carbocycles. The Morgan fingerprint density at radius 2 is 2.09 bits per heavy atom. The van der Waals surface area contributed by atoms with Gasteiger partial charge in [-0.3, -0.25) is 14.4 Å². The number of pyridine rings is 1. The standard InChI is InChI=1S/C15H15FN2O4/c1-8(4-14(20)21)7-17-15(22)11-6-13(19)18-12-5-9(16)2-3-10(11)12/h2-3,5-6,8H,4,7H2,1H3,(H,17,22)(H,18,19)(H,20,21). The van der Waals surface area contributed by atoms with Crippen molar-refractivity contribution >= 4 is 22.8 Å². The summed E-state index contributed by atoms with van der Waals surface area (Å²) >= 11 is 0. The second-order valence-electron chi connectivity index (χ2n) is 5.15. The molecule has 0 aliphatic heterocycles. The SMILES string of the molecule is CC(CNC(=O)c1cc(=O)[nH]c2cc(F)ccc12)CC(=O)O. The molecule has 2 aromatic rings. The van der Waals surface area contributed by atoms with Crippen LogP contribution < -0.4 is 10.9 Å². The van der Waals surface area contributed by atoms with Crippen molar-refractivity contribution in [1.82, 2.24) is 10.3 Å². The molecule has 0 radical (unpaired) electrons. The van der Waals surface area contributed by atoms with Crippen LogP contribution in [0.1, 0.15) is 23.7 Å². The normalized spacial score (nSPS) is 12.1. The van der Waals surface area contributed by atoms with E-state index in [1.165, 1.54) is 12.1 Å². The molecule has 7 heteroatoms. The number of nitrogens with one attached hydrogen (secondary N) is 2. The summed E-state index contributed by atoms with van der Waals surface area (Å²) < 4.78 is 13.2. The van der Waals surface area contributed by atoms with Gasteiger partial charge in [-0.2, -0.15) is 0 Å². The highest BCUT2D eigenvalue weighted by atomic mass is 19.1. The van der Waals surface area contributed by atoms with E-state index in [2.05, 4.69) is 10.3 Å². The first-order valence-electron chi connectivity index (χ1n) is 6.69. The fourth-order valence-electron chi connectivity index (χ4n) is 2.15. The van der Waals surface area contributed by atoms with Crippen molar-refractivity contribution in [2.75, 3.05) is 6.54 Å². The largest absolute Gasteiger partial charge is 0.481 e. The van der Waals surface area contributed by atoms with Crippen LogP contribution in [0.4, 0.5) is 4.39 Å². The summed E-state index contributed by atoms with van der Waals surface area (Å²) in [6, 6.07) is 4.89. The molecule has 0 spiro atoms. The molecule has 0 bridgehead atoms. The lowest BCUT2D eigenvalue weighted by molar-refractivity contribution is -0.137. The second-order valence-corrected chi connectivity index (χ2v) is 5.15. The fraction of sp³-hybridized carbons (Fsp3) is 0.267. The van der Waals surface area contributed by atoms with E-state index >= 15 is 0 Å². The molecule has 1 heterocycles. The number of hydrogen-bond acceptors (Lipinski definition) is 3. The quantitative estimate of drug-likeness (QED) is 0.779. The number of hydrogen-bond donors (Lipinski definition) is 3. The zero-order valence-corrected chi connectivity index (χ0v) is 11.9. The molecular weight excluding hydrogens is 291 g/mol. The van der Waals surface area contributed by atoms with Gasteiger partial charge in [0.25, 0.3) is 5.91 Å². The van der Waals surface area contributed by atoms with Crippen LogP contribution in [-0.4, -0.2) is 28.5 Å². The van der Waals surface area contributed by atoms with Crippen LogP contribution in [0.15, 0.2) is 29.1 Å². The van der Waals surface area contributed by atoms with Crippen molar-refractivity contribution in [3.63, 3.8) is 0 Å². The smallest absolute Gasteiger partial charge is 0.303 e. The third-order valence-electron chi connectivity index (χ3n) is 3.18. The molecule has 0 saturated carbocycles. The first-order chi connectivity index (χ1) is 10.4. The summed E-state index contributed by atoms with van der Waals surface area (Å²) in [7, 11) is 0. The van der Waals surface area contributed by atoms with E-state index in [0.29, 0.717) is 5.39 Å². The summed E-state index contributed by atoms with van der Waals surface area (Å²) in [6.45, 7) is 1.86. The molecule has 0 fully saturated rings. The zero-order valence-electron chi connectivity index (χ0n) is 11.9. The minimum Gasteiger partial charge on any atom is -0.481 e. The maximum absolute atomic E-state index is 13.2. The molecule has 22 heavy (non-hydrogen) atoms. The van der Waals surface area contributed by atoms with E-state index in [1.54, 1.807) is 6.92 Å². The van der Waals surface area contributed by atoms with Gasteiger partial charge in [0, 0.05) is 24.4 Å². The van der Waals surface area contributed by atoms with Gasteiger partial charge in [0.15, 0.2) is 0 Å². The maximum Gasteiger partial charge on any atom is 0.303 e. The van der Waals surface area contributed by atoms with E-state index in [9.17, 15) is 18.8 Å². The number of carboxylic acid groups (broad SMARTS) is 1. The number of amides is 1. The number of carbonyl (C=O) groups is 2. The highest BCUT2D eigenvalue weighted by molar-refractivity contribution is 6.05. The molecule has 6 nitrogen and oxygen atoms in total. The Morgan fingerprint density at radius 3 is 2.77 bits per heavy atom. The number of benzene rings is 1. The molecule has 1 amide bonds. The molecule has 3 N–H and O–H groups in total. The van der Waals surface area contributed by atoms with Crippen molar-refractivity contribution < 1.29 is 19.1 Å². The molecule has 116 valence electrons. The van der Waals surface area contributed by atoms with Crippen molar-refractivity contribution in [1.29, 1.82) is 0 Å². The number of halogens is 1. The molecule has 1 unspecified atom stereocenters. The molecule has 1 atom stereocenters. The summed E-state index contributed by atoms with van der Waals surface area (Å²) in [5.74, 6) is -2.21.